The van der Waals surface area contributed by atoms with Gasteiger partial charge in [-0.05, 0) is 61.5 Å². The lowest BCUT2D eigenvalue weighted by molar-refractivity contribution is -0.136. The van der Waals surface area contributed by atoms with Gasteiger partial charge in [-0.15, -0.1) is 0 Å². The zero-order valence-corrected chi connectivity index (χ0v) is 18.0. The molecule has 2 amide bonds. The number of para-hydroxylation sites is 1. The Balaban J connectivity index is 1.64. The minimum Gasteiger partial charge on any atom is -0.342 e. The summed E-state index contributed by atoms with van der Waals surface area (Å²) in [6.07, 6.45) is 5.59. The minimum absolute atomic E-state index is 0.0165. The van der Waals surface area contributed by atoms with E-state index in [1.165, 1.54) is 11.1 Å². The Morgan fingerprint density at radius 3 is 1.89 bits per heavy atom. The largest absolute Gasteiger partial charge is 0.342 e. The number of anilines is 1. The van der Waals surface area contributed by atoms with Crippen LogP contribution in [0.5, 0.6) is 0 Å². The second-order valence-corrected chi connectivity index (χ2v) is 9.19. The van der Waals surface area contributed by atoms with Gasteiger partial charge in [0.2, 0.25) is 11.8 Å². The number of amides is 2. The van der Waals surface area contributed by atoms with Gasteiger partial charge in [-0.25, -0.2) is 0 Å². The number of carbonyl (C=O) groups excluding carboxylic acids is 2. The molecule has 4 nitrogen and oxygen atoms in total. The standard InChI is InChI=1S/C24H36N2O2/c1-16(2)20-8-7-9-21(17(3)4)22(20)25-23(27)18-10-12-19(13-11-18)24(28)26-14-5-6-15-26/h7-9,16-19H,5-6,10-15H2,1-4H3,(H,25,27). The highest BCUT2D eigenvalue weighted by Crippen LogP contribution is 2.35. The molecule has 2 aliphatic rings. The molecule has 1 aromatic rings. The predicted molar refractivity (Wildman–Crippen MR) is 115 cm³/mol. The minimum atomic E-state index is 0.0165. The van der Waals surface area contributed by atoms with Crippen molar-refractivity contribution >= 4 is 17.5 Å². The van der Waals surface area contributed by atoms with E-state index in [-0.39, 0.29) is 17.7 Å². The summed E-state index contributed by atoms with van der Waals surface area (Å²) >= 11 is 0. The number of benzene rings is 1. The quantitative estimate of drug-likeness (QED) is 0.749. The molecule has 0 spiro atoms. The second-order valence-electron chi connectivity index (χ2n) is 9.19. The molecule has 2 fully saturated rings. The van der Waals surface area contributed by atoms with Crippen molar-refractivity contribution in [3.63, 3.8) is 0 Å². The SMILES string of the molecule is CC(C)c1cccc(C(C)C)c1NC(=O)C1CCC(C(=O)N2CCCC2)CC1. The van der Waals surface area contributed by atoms with Crippen molar-refractivity contribution < 1.29 is 9.59 Å². The van der Waals surface area contributed by atoms with E-state index in [2.05, 4.69) is 51.2 Å². The van der Waals surface area contributed by atoms with Crippen molar-refractivity contribution in [3.05, 3.63) is 29.3 Å². The summed E-state index contributed by atoms with van der Waals surface area (Å²) in [5.74, 6) is 1.32. The van der Waals surface area contributed by atoms with Gasteiger partial charge in [0.15, 0.2) is 0 Å². The normalized spacial score (nSPS) is 22.7. The van der Waals surface area contributed by atoms with Crippen LogP contribution in [-0.2, 0) is 9.59 Å². The molecule has 154 valence electrons. The fourth-order valence-electron chi connectivity index (χ4n) is 4.72. The fraction of sp³-hybridized carbons (Fsp3) is 0.667. The van der Waals surface area contributed by atoms with Crippen molar-refractivity contribution in [3.8, 4) is 0 Å². The topological polar surface area (TPSA) is 49.4 Å². The van der Waals surface area contributed by atoms with Crippen LogP contribution in [0.3, 0.4) is 0 Å². The van der Waals surface area contributed by atoms with Crippen LogP contribution in [-0.4, -0.2) is 29.8 Å². The summed E-state index contributed by atoms with van der Waals surface area (Å²) in [7, 11) is 0. The first-order valence-electron chi connectivity index (χ1n) is 11.1. The Kier molecular flexibility index (Phi) is 6.79. The van der Waals surface area contributed by atoms with E-state index in [1.54, 1.807) is 0 Å². The summed E-state index contributed by atoms with van der Waals surface area (Å²) in [6.45, 7) is 10.5. The molecule has 1 aliphatic carbocycles. The molecule has 1 aromatic carbocycles. The first kappa shape index (κ1) is 20.9. The van der Waals surface area contributed by atoms with Gasteiger partial charge < -0.3 is 10.2 Å². The molecule has 3 rings (SSSR count). The molecular weight excluding hydrogens is 348 g/mol. The van der Waals surface area contributed by atoms with Crippen LogP contribution in [0, 0.1) is 11.8 Å². The molecule has 0 unspecified atom stereocenters. The average Bonchev–Trinajstić information content (AvgIpc) is 3.22. The number of carbonyl (C=O) groups is 2. The Morgan fingerprint density at radius 1 is 0.893 bits per heavy atom. The molecule has 0 bridgehead atoms. The maximum absolute atomic E-state index is 13.0. The average molecular weight is 385 g/mol. The highest BCUT2D eigenvalue weighted by atomic mass is 16.2. The Bertz CT molecular complexity index is 670. The van der Waals surface area contributed by atoms with Crippen LogP contribution < -0.4 is 5.32 Å². The Hall–Kier alpha value is -1.84. The van der Waals surface area contributed by atoms with E-state index in [1.807, 2.05) is 4.90 Å². The van der Waals surface area contributed by atoms with Gasteiger partial charge in [-0.2, -0.15) is 0 Å². The van der Waals surface area contributed by atoms with E-state index in [4.69, 9.17) is 0 Å². The van der Waals surface area contributed by atoms with Crippen LogP contribution in [0.4, 0.5) is 5.69 Å². The van der Waals surface area contributed by atoms with Crippen LogP contribution in [0.2, 0.25) is 0 Å². The van der Waals surface area contributed by atoms with Gasteiger partial charge in [0.1, 0.15) is 0 Å². The second kappa shape index (κ2) is 9.11. The van der Waals surface area contributed by atoms with Gasteiger partial charge in [-0.1, -0.05) is 45.9 Å². The monoisotopic (exact) mass is 384 g/mol. The highest BCUT2D eigenvalue weighted by molar-refractivity contribution is 5.94. The van der Waals surface area contributed by atoms with Gasteiger partial charge in [0, 0.05) is 30.6 Å². The predicted octanol–water partition coefficient (Wildman–Crippen LogP) is 5.30. The van der Waals surface area contributed by atoms with Crippen LogP contribution in [0.25, 0.3) is 0 Å². The molecule has 4 heteroatoms. The molecule has 1 heterocycles. The number of hydrogen-bond acceptors (Lipinski definition) is 2. The number of hydrogen-bond donors (Lipinski definition) is 1. The van der Waals surface area contributed by atoms with Crippen molar-refractivity contribution in [2.45, 2.75) is 78.1 Å². The molecular formula is C24H36N2O2. The first-order valence-corrected chi connectivity index (χ1v) is 11.1. The molecule has 0 radical (unpaired) electrons. The molecule has 1 aliphatic heterocycles. The van der Waals surface area contributed by atoms with Crippen LogP contribution in [0.15, 0.2) is 18.2 Å². The molecule has 1 saturated carbocycles. The summed E-state index contributed by atoms with van der Waals surface area (Å²) in [4.78, 5) is 27.7. The third kappa shape index (κ3) is 4.59. The van der Waals surface area contributed by atoms with Crippen LogP contribution in [0.1, 0.15) is 89.2 Å². The molecule has 1 N–H and O–H groups in total. The Labute approximate surface area is 170 Å². The van der Waals surface area contributed by atoms with E-state index in [0.717, 1.165) is 57.3 Å². The summed E-state index contributed by atoms with van der Waals surface area (Å²) < 4.78 is 0. The van der Waals surface area contributed by atoms with Crippen molar-refractivity contribution in [2.24, 2.45) is 11.8 Å². The number of nitrogens with zero attached hydrogens (tertiary/aromatic N) is 1. The van der Waals surface area contributed by atoms with Gasteiger partial charge in [-0.3, -0.25) is 9.59 Å². The third-order valence-corrected chi connectivity index (χ3v) is 6.49. The molecule has 0 aromatic heterocycles. The zero-order valence-electron chi connectivity index (χ0n) is 18.0. The highest BCUT2D eigenvalue weighted by Gasteiger charge is 2.33. The van der Waals surface area contributed by atoms with Gasteiger partial charge in [0.25, 0.3) is 0 Å². The fourth-order valence-corrected chi connectivity index (χ4v) is 4.72. The summed E-state index contributed by atoms with van der Waals surface area (Å²) in [5.41, 5.74) is 3.42. The lowest BCUT2D eigenvalue weighted by Crippen LogP contribution is -2.37. The summed E-state index contributed by atoms with van der Waals surface area (Å²) in [6, 6.07) is 6.34. The van der Waals surface area contributed by atoms with E-state index >= 15 is 0 Å². The molecule has 1 saturated heterocycles. The smallest absolute Gasteiger partial charge is 0.227 e. The van der Waals surface area contributed by atoms with Gasteiger partial charge >= 0.3 is 0 Å². The zero-order chi connectivity index (χ0) is 20.3. The number of nitrogens with one attached hydrogen (secondary N) is 1. The third-order valence-electron chi connectivity index (χ3n) is 6.49. The first-order chi connectivity index (χ1) is 13.4. The molecule has 0 atom stereocenters. The molecule has 28 heavy (non-hydrogen) atoms. The van der Waals surface area contributed by atoms with Crippen molar-refractivity contribution in [1.29, 1.82) is 0 Å². The number of likely N-dealkylation sites (tertiary alicyclic amines) is 1. The van der Waals surface area contributed by atoms with Gasteiger partial charge in [0.05, 0.1) is 0 Å². The van der Waals surface area contributed by atoms with Crippen LogP contribution >= 0.6 is 0 Å². The van der Waals surface area contributed by atoms with Crippen molar-refractivity contribution in [1.82, 2.24) is 4.90 Å². The lowest BCUT2D eigenvalue weighted by Gasteiger charge is -2.30. The van der Waals surface area contributed by atoms with Crippen molar-refractivity contribution in [2.75, 3.05) is 18.4 Å². The van der Waals surface area contributed by atoms with E-state index in [9.17, 15) is 9.59 Å². The lowest BCUT2D eigenvalue weighted by atomic mass is 9.80. The number of rotatable bonds is 5. The maximum Gasteiger partial charge on any atom is 0.227 e. The van der Waals surface area contributed by atoms with E-state index < -0.39 is 0 Å². The van der Waals surface area contributed by atoms with E-state index in [0.29, 0.717) is 17.7 Å². The Morgan fingerprint density at radius 2 is 1.39 bits per heavy atom. The maximum atomic E-state index is 13.0. The summed E-state index contributed by atoms with van der Waals surface area (Å²) in [5, 5.41) is 3.28.